The van der Waals surface area contributed by atoms with Crippen molar-refractivity contribution in [1.82, 2.24) is 0 Å². The van der Waals surface area contributed by atoms with Crippen LogP contribution in [0.1, 0.15) is 37.5 Å². The summed E-state index contributed by atoms with van der Waals surface area (Å²) in [4.78, 5) is 0. The second-order valence-corrected chi connectivity index (χ2v) is 6.56. The highest BCUT2D eigenvalue weighted by Gasteiger charge is 2.24. The van der Waals surface area contributed by atoms with Gasteiger partial charge in [-0.25, -0.2) is 0 Å². The molecule has 1 fully saturated rings. The maximum atomic E-state index is 10.4. The molecule has 1 aliphatic heterocycles. The Morgan fingerprint density at radius 3 is 2.88 bits per heavy atom. The summed E-state index contributed by atoms with van der Waals surface area (Å²) < 4.78 is 0. The molecule has 1 saturated heterocycles. The average Bonchev–Trinajstić information content (AvgIpc) is 2.81. The number of hydrogen-bond donors (Lipinski definition) is 1. The first-order valence-electron chi connectivity index (χ1n) is 6.51. The lowest BCUT2D eigenvalue weighted by Crippen LogP contribution is -2.12. The van der Waals surface area contributed by atoms with Crippen molar-refractivity contribution < 1.29 is 5.11 Å². The quantitative estimate of drug-likeness (QED) is 0.880. The maximum absolute atomic E-state index is 10.4. The third kappa shape index (κ3) is 3.49. The Morgan fingerprint density at radius 1 is 1.41 bits per heavy atom. The molecule has 2 unspecified atom stereocenters. The SMILES string of the molecule is CC(C)Cc1cccc(C(O)C2CCSC2)c1. The lowest BCUT2D eigenvalue weighted by Gasteiger charge is -2.18. The predicted octanol–water partition coefficient (Wildman–Crippen LogP) is 3.67. The molecule has 1 N–H and O–H groups in total. The van der Waals surface area contributed by atoms with E-state index in [4.69, 9.17) is 0 Å². The van der Waals surface area contributed by atoms with E-state index in [0.717, 1.165) is 24.2 Å². The molecule has 0 saturated carbocycles. The Bertz CT molecular complexity index is 356. The monoisotopic (exact) mass is 250 g/mol. The van der Waals surface area contributed by atoms with Crippen LogP contribution in [0, 0.1) is 11.8 Å². The van der Waals surface area contributed by atoms with Gasteiger partial charge in [0.15, 0.2) is 0 Å². The van der Waals surface area contributed by atoms with E-state index >= 15 is 0 Å². The van der Waals surface area contributed by atoms with Gasteiger partial charge >= 0.3 is 0 Å². The van der Waals surface area contributed by atoms with Crippen molar-refractivity contribution >= 4 is 11.8 Å². The van der Waals surface area contributed by atoms with E-state index < -0.39 is 0 Å². The lowest BCUT2D eigenvalue weighted by atomic mass is 9.92. The number of benzene rings is 1. The van der Waals surface area contributed by atoms with Crippen molar-refractivity contribution in [3.63, 3.8) is 0 Å². The van der Waals surface area contributed by atoms with Gasteiger partial charge in [-0.2, -0.15) is 11.8 Å². The Labute approximate surface area is 109 Å². The number of hydrogen-bond acceptors (Lipinski definition) is 2. The zero-order valence-electron chi connectivity index (χ0n) is 10.7. The fourth-order valence-electron chi connectivity index (χ4n) is 2.45. The summed E-state index contributed by atoms with van der Waals surface area (Å²) in [6.07, 6.45) is 1.98. The molecule has 0 aromatic heterocycles. The molecule has 1 nitrogen and oxygen atoms in total. The third-order valence-electron chi connectivity index (χ3n) is 3.35. The molecule has 0 aliphatic carbocycles. The number of thioether (sulfide) groups is 1. The fourth-order valence-corrected chi connectivity index (χ4v) is 3.74. The van der Waals surface area contributed by atoms with Gasteiger partial charge < -0.3 is 5.11 Å². The van der Waals surface area contributed by atoms with E-state index in [1.807, 2.05) is 11.8 Å². The van der Waals surface area contributed by atoms with Crippen molar-refractivity contribution in [2.45, 2.75) is 32.8 Å². The van der Waals surface area contributed by atoms with Crippen molar-refractivity contribution in [2.24, 2.45) is 11.8 Å². The first-order valence-corrected chi connectivity index (χ1v) is 7.67. The highest BCUT2D eigenvalue weighted by Crippen LogP contribution is 2.34. The van der Waals surface area contributed by atoms with Gasteiger partial charge in [-0.05, 0) is 47.3 Å². The topological polar surface area (TPSA) is 20.2 Å². The van der Waals surface area contributed by atoms with E-state index in [9.17, 15) is 5.11 Å². The van der Waals surface area contributed by atoms with Crippen molar-refractivity contribution in [3.8, 4) is 0 Å². The Kier molecular flexibility index (Phi) is 4.52. The van der Waals surface area contributed by atoms with Gasteiger partial charge in [-0.1, -0.05) is 38.1 Å². The molecule has 2 rings (SSSR count). The first kappa shape index (κ1) is 13.0. The zero-order chi connectivity index (χ0) is 12.3. The molecule has 1 heterocycles. The van der Waals surface area contributed by atoms with Crippen LogP contribution in [0.15, 0.2) is 24.3 Å². The van der Waals surface area contributed by atoms with Crippen LogP contribution >= 0.6 is 11.8 Å². The van der Waals surface area contributed by atoms with Gasteiger partial charge in [0.1, 0.15) is 0 Å². The summed E-state index contributed by atoms with van der Waals surface area (Å²) in [5, 5.41) is 10.4. The second kappa shape index (κ2) is 5.92. The maximum Gasteiger partial charge on any atom is 0.0826 e. The molecule has 1 aliphatic rings. The molecule has 0 radical (unpaired) electrons. The smallest absolute Gasteiger partial charge is 0.0826 e. The second-order valence-electron chi connectivity index (χ2n) is 5.41. The lowest BCUT2D eigenvalue weighted by molar-refractivity contribution is 0.121. The van der Waals surface area contributed by atoms with Gasteiger partial charge in [0, 0.05) is 0 Å². The fraction of sp³-hybridized carbons (Fsp3) is 0.600. The van der Waals surface area contributed by atoms with Gasteiger partial charge in [-0.15, -0.1) is 0 Å². The van der Waals surface area contributed by atoms with E-state index in [1.54, 1.807) is 0 Å². The zero-order valence-corrected chi connectivity index (χ0v) is 11.5. The standard InChI is InChI=1S/C15H22OS/c1-11(2)8-12-4-3-5-13(9-12)15(16)14-6-7-17-10-14/h3-5,9,11,14-16H,6-8,10H2,1-2H3. The summed E-state index contributed by atoms with van der Waals surface area (Å²) in [6, 6.07) is 8.50. The summed E-state index contributed by atoms with van der Waals surface area (Å²) >= 11 is 1.96. The molecule has 17 heavy (non-hydrogen) atoms. The third-order valence-corrected chi connectivity index (χ3v) is 4.54. The minimum absolute atomic E-state index is 0.267. The molecule has 0 amide bonds. The average molecular weight is 250 g/mol. The Hall–Kier alpha value is -0.470. The van der Waals surface area contributed by atoms with Crippen LogP contribution in [-0.2, 0) is 6.42 Å². The normalized spacial score (nSPS) is 22.0. The van der Waals surface area contributed by atoms with Crippen LogP contribution < -0.4 is 0 Å². The first-order chi connectivity index (χ1) is 8.16. The molecular weight excluding hydrogens is 228 g/mol. The van der Waals surface area contributed by atoms with E-state index in [1.165, 1.54) is 11.3 Å². The molecule has 94 valence electrons. The van der Waals surface area contributed by atoms with E-state index in [2.05, 4.69) is 38.1 Å². The molecule has 1 aromatic rings. The Balaban J connectivity index is 2.09. The highest BCUT2D eigenvalue weighted by atomic mass is 32.2. The van der Waals surface area contributed by atoms with E-state index in [0.29, 0.717) is 11.8 Å². The van der Waals surface area contributed by atoms with Crippen molar-refractivity contribution in [2.75, 3.05) is 11.5 Å². The predicted molar refractivity (Wildman–Crippen MR) is 75.4 cm³/mol. The van der Waals surface area contributed by atoms with Gasteiger partial charge in [-0.3, -0.25) is 0 Å². The number of rotatable bonds is 4. The molecule has 1 aromatic carbocycles. The number of aliphatic hydroxyl groups excluding tert-OH is 1. The van der Waals surface area contributed by atoms with Crippen LogP contribution in [0.3, 0.4) is 0 Å². The molecule has 2 heteroatoms. The summed E-state index contributed by atoms with van der Waals surface area (Å²) in [5.41, 5.74) is 2.46. The van der Waals surface area contributed by atoms with Crippen LogP contribution in [0.4, 0.5) is 0 Å². The summed E-state index contributed by atoms with van der Waals surface area (Å²) in [6.45, 7) is 4.47. The highest BCUT2D eigenvalue weighted by molar-refractivity contribution is 7.99. The summed E-state index contributed by atoms with van der Waals surface area (Å²) in [7, 11) is 0. The summed E-state index contributed by atoms with van der Waals surface area (Å²) in [5.74, 6) is 3.43. The van der Waals surface area contributed by atoms with Crippen LogP contribution in [0.2, 0.25) is 0 Å². The van der Waals surface area contributed by atoms with Gasteiger partial charge in [0.25, 0.3) is 0 Å². The molecule has 2 atom stereocenters. The molecule has 0 spiro atoms. The van der Waals surface area contributed by atoms with Crippen LogP contribution in [0.5, 0.6) is 0 Å². The Morgan fingerprint density at radius 2 is 2.24 bits per heavy atom. The van der Waals surface area contributed by atoms with Crippen molar-refractivity contribution in [3.05, 3.63) is 35.4 Å². The van der Waals surface area contributed by atoms with Crippen molar-refractivity contribution in [1.29, 1.82) is 0 Å². The van der Waals surface area contributed by atoms with Crippen LogP contribution in [0.25, 0.3) is 0 Å². The van der Waals surface area contributed by atoms with E-state index in [-0.39, 0.29) is 6.10 Å². The largest absolute Gasteiger partial charge is 0.388 e. The minimum atomic E-state index is -0.267. The minimum Gasteiger partial charge on any atom is -0.388 e. The van der Waals surface area contributed by atoms with Crippen LogP contribution in [-0.4, -0.2) is 16.6 Å². The number of aliphatic hydroxyl groups is 1. The van der Waals surface area contributed by atoms with Gasteiger partial charge in [0.2, 0.25) is 0 Å². The molecule has 0 bridgehead atoms. The molecular formula is C15H22OS. The van der Waals surface area contributed by atoms with Gasteiger partial charge in [0.05, 0.1) is 6.10 Å².